The summed E-state index contributed by atoms with van der Waals surface area (Å²) in [5.74, 6) is 1.11. The maximum absolute atomic E-state index is 10.7. The SMILES string of the molecule is CC1CCCC(CN)(C(O)C2CCOCC2)C1. The van der Waals surface area contributed by atoms with Gasteiger partial charge in [0.05, 0.1) is 6.10 Å². The minimum Gasteiger partial charge on any atom is -0.392 e. The van der Waals surface area contributed by atoms with Gasteiger partial charge < -0.3 is 15.6 Å². The first-order valence-corrected chi connectivity index (χ1v) is 7.14. The van der Waals surface area contributed by atoms with E-state index in [4.69, 9.17) is 10.5 Å². The third-order valence-electron chi connectivity index (χ3n) is 4.87. The van der Waals surface area contributed by atoms with E-state index in [1.807, 2.05) is 0 Å². The van der Waals surface area contributed by atoms with Gasteiger partial charge in [-0.3, -0.25) is 0 Å². The second-order valence-electron chi connectivity index (χ2n) is 6.16. The molecule has 0 aromatic rings. The molecule has 2 rings (SSSR count). The van der Waals surface area contributed by atoms with Gasteiger partial charge in [0, 0.05) is 25.2 Å². The van der Waals surface area contributed by atoms with Gasteiger partial charge in [-0.05, 0) is 37.5 Å². The van der Waals surface area contributed by atoms with Crippen LogP contribution in [0.4, 0.5) is 0 Å². The zero-order valence-corrected chi connectivity index (χ0v) is 11.0. The fourth-order valence-corrected chi connectivity index (χ4v) is 3.81. The lowest BCUT2D eigenvalue weighted by atomic mass is 9.63. The third-order valence-corrected chi connectivity index (χ3v) is 4.87. The van der Waals surface area contributed by atoms with Crippen LogP contribution in [-0.2, 0) is 4.74 Å². The third kappa shape index (κ3) is 2.83. The monoisotopic (exact) mass is 241 g/mol. The molecule has 2 aliphatic rings. The van der Waals surface area contributed by atoms with Crippen molar-refractivity contribution in [2.45, 2.75) is 51.6 Å². The first-order chi connectivity index (χ1) is 8.18. The van der Waals surface area contributed by atoms with Crippen LogP contribution < -0.4 is 5.73 Å². The molecule has 0 amide bonds. The maximum Gasteiger partial charge on any atom is 0.0638 e. The van der Waals surface area contributed by atoms with Gasteiger partial charge in [0.2, 0.25) is 0 Å². The van der Waals surface area contributed by atoms with Gasteiger partial charge in [0.15, 0.2) is 0 Å². The summed E-state index contributed by atoms with van der Waals surface area (Å²) in [4.78, 5) is 0. The van der Waals surface area contributed by atoms with Crippen LogP contribution in [-0.4, -0.2) is 31.0 Å². The van der Waals surface area contributed by atoms with E-state index in [-0.39, 0.29) is 11.5 Å². The lowest BCUT2D eigenvalue weighted by Gasteiger charge is -2.46. The van der Waals surface area contributed by atoms with Crippen LogP contribution in [0.3, 0.4) is 0 Å². The summed E-state index contributed by atoms with van der Waals surface area (Å²) in [7, 11) is 0. The Morgan fingerprint density at radius 2 is 2.06 bits per heavy atom. The Kier molecular flexibility index (Phi) is 4.45. The van der Waals surface area contributed by atoms with Crippen molar-refractivity contribution >= 4 is 0 Å². The Balaban J connectivity index is 2.04. The minimum atomic E-state index is -0.223. The molecule has 0 bridgehead atoms. The van der Waals surface area contributed by atoms with Gasteiger partial charge in [-0.1, -0.05) is 19.8 Å². The molecule has 0 aromatic carbocycles. The lowest BCUT2D eigenvalue weighted by Crippen LogP contribution is -2.49. The standard InChI is InChI=1S/C14H27NO2/c1-11-3-2-6-14(9-11,10-15)13(16)12-4-7-17-8-5-12/h11-13,16H,2-10,15H2,1H3. The van der Waals surface area contributed by atoms with Crippen LogP contribution in [0, 0.1) is 17.3 Å². The van der Waals surface area contributed by atoms with E-state index >= 15 is 0 Å². The molecule has 1 saturated heterocycles. The molecule has 100 valence electrons. The second-order valence-corrected chi connectivity index (χ2v) is 6.16. The molecule has 2 fully saturated rings. The van der Waals surface area contributed by atoms with Crippen LogP contribution in [0.25, 0.3) is 0 Å². The molecular weight excluding hydrogens is 214 g/mol. The van der Waals surface area contributed by atoms with E-state index in [2.05, 4.69) is 6.92 Å². The molecule has 1 aliphatic heterocycles. The molecule has 0 aromatic heterocycles. The molecule has 17 heavy (non-hydrogen) atoms. The highest BCUT2D eigenvalue weighted by atomic mass is 16.5. The number of hydrogen-bond acceptors (Lipinski definition) is 3. The molecule has 3 atom stereocenters. The predicted octanol–water partition coefficient (Wildman–Crippen LogP) is 1.93. The highest BCUT2D eigenvalue weighted by Crippen LogP contribution is 2.44. The molecule has 3 heteroatoms. The van der Waals surface area contributed by atoms with E-state index in [1.54, 1.807) is 0 Å². The zero-order valence-electron chi connectivity index (χ0n) is 11.0. The van der Waals surface area contributed by atoms with Crippen molar-refractivity contribution in [1.29, 1.82) is 0 Å². The summed E-state index contributed by atoms with van der Waals surface area (Å²) < 4.78 is 5.38. The summed E-state index contributed by atoms with van der Waals surface area (Å²) in [5.41, 5.74) is 6.00. The number of nitrogens with two attached hydrogens (primary N) is 1. The molecule has 3 unspecified atom stereocenters. The van der Waals surface area contributed by atoms with E-state index in [0.717, 1.165) is 38.9 Å². The lowest BCUT2D eigenvalue weighted by molar-refractivity contribution is -0.0766. The first kappa shape index (κ1) is 13.3. The molecule has 3 N–H and O–H groups in total. The largest absolute Gasteiger partial charge is 0.392 e. The van der Waals surface area contributed by atoms with Crippen molar-refractivity contribution in [3.05, 3.63) is 0 Å². The first-order valence-electron chi connectivity index (χ1n) is 7.14. The molecule has 1 aliphatic carbocycles. The average molecular weight is 241 g/mol. The van der Waals surface area contributed by atoms with Crippen molar-refractivity contribution in [3.8, 4) is 0 Å². The van der Waals surface area contributed by atoms with Crippen LogP contribution in [0.1, 0.15) is 45.4 Å². The van der Waals surface area contributed by atoms with Crippen LogP contribution in [0.15, 0.2) is 0 Å². The van der Waals surface area contributed by atoms with Gasteiger partial charge >= 0.3 is 0 Å². The summed E-state index contributed by atoms with van der Waals surface area (Å²) >= 11 is 0. The Hall–Kier alpha value is -0.120. The normalized spacial score (nSPS) is 37.9. The molecule has 1 heterocycles. The highest BCUT2D eigenvalue weighted by Gasteiger charge is 2.43. The van der Waals surface area contributed by atoms with E-state index < -0.39 is 0 Å². The van der Waals surface area contributed by atoms with Crippen molar-refractivity contribution in [2.75, 3.05) is 19.8 Å². The summed E-state index contributed by atoms with van der Waals surface area (Å²) in [6.07, 6.45) is 6.49. The number of hydrogen-bond donors (Lipinski definition) is 2. The van der Waals surface area contributed by atoms with Gasteiger partial charge in [-0.2, -0.15) is 0 Å². The number of aliphatic hydroxyl groups excluding tert-OH is 1. The van der Waals surface area contributed by atoms with E-state index in [1.165, 1.54) is 12.8 Å². The maximum atomic E-state index is 10.7. The van der Waals surface area contributed by atoms with Crippen molar-refractivity contribution in [3.63, 3.8) is 0 Å². The van der Waals surface area contributed by atoms with Crippen molar-refractivity contribution < 1.29 is 9.84 Å². The zero-order chi connectivity index (χ0) is 12.3. The highest BCUT2D eigenvalue weighted by molar-refractivity contribution is 4.95. The Morgan fingerprint density at radius 1 is 1.35 bits per heavy atom. The smallest absolute Gasteiger partial charge is 0.0638 e. The van der Waals surface area contributed by atoms with Crippen molar-refractivity contribution in [1.82, 2.24) is 0 Å². The fraction of sp³-hybridized carbons (Fsp3) is 1.00. The topological polar surface area (TPSA) is 55.5 Å². The summed E-state index contributed by atoms with van der Waals surface area (Å²) in [6, 6.07) is 0. The molecule has 1 saturated carbocycles. The predicted molar refractivity (Wildman–Crippen MR) is 68.7 cm³/mol. The number of aliphatic hydroxyl groups is 1. The van der Waals surface area contributed by atoms with E-state index in [0.29, 0.717) is 18.4 Å². The van der Waals surface area contributed by atoms with E-state index in [9.17, 15) is 5.11 Å². The fourth-order valence-electron chi connectivity index (χ4n) is 3.81. The average Bonchev–Trinajstić information content (AvgIpc) is 2.38. The van der Waals surface area contributed by atoms with Gasteiger partial charge in [-0.25, -0.2) is 0 Å². The Morgan fingerprint density at radius 3 is 2.65 bits per heavy atom. The number of rotatable bonds is 3. The molecule has 0 radical (unpaired) electrons. The van der Waals surface area contributed by atoms with Crippen LogP contribution in [0.5, 0.6) is 0 Å². The second kappa shape index (κ2) is 5.68. The summed E-state index contributed by atoms with van der Waals surface area (Å²) in [5, 5.41) is 10.7. The van der Waals surface area contributed by atoms with Crippen molar-refractivity contribution in [2.24, 2.45) is 23.0 Å². The Bertz CT molecular complexity index is 240. The molecule has 3 nitrogen and oxygen atoms in total. The number of ether oxygens (including phenoxy) is 1. The quantitative estimate of drug-likeness (QED) is 0.794. The van der Waals surface area contributed by atoms with Gasteiger partial charge in [0.25, 0.3) is 0 Å². The van der Waals surface area contributed by atoms with Crippen LogP contribution in [0.2, 0.25) is 0 Å². The van der Waals surface area contributed by atoms with Gasteiger partial charge in [-0.15, -0.1) is 0 Å². The Labute approximate surface area is 105 Å². The summed E-state index contributed by atoms with van der Waals surface area (Å²) in [6.45, 7) is 4.53. The van der Waals surface area contributed by atoms with Gasteiger partial charge in [0.1, 0.15) is 0 Å². The van der Waals surface area contributed by atoms with Crippen LogP contribution >= 0.6 is 0 Å². The molecule has 0 spiro atoms. The minimum absolute atomic E-state index is 0.0142. The molecular formula is C14H27NO2.